The number of pyridine rings is 1. The highest BCUT2D eigenvalue weighted by Crippen LogP contribution is 2.27. The van der Waals surface area contributed by atoms with Crippen LogP contribution in [0.25, 0.3) is 15.7 Å². The first-order chi connectivity index (χ1) is 10.7. The molecule has 5 nitrogen and oxygen atoms in total. The van der Waals surface area contributed by atoms with Crippen molar-refractivity contribution in [2.24, 2.45) is 0 Å². The topological polar surface area (TPSA) is 59.3 Å². The maximum Gasteiger partial charge on any atom is 0.277 e. The van der Waals surface area contributed by atoms with Gasteiger partial charge in [0, 0.05) is 6.20 Å². The zero-order valence-corrected chi connectivity index (χ0v) is 12.6. The number of fused-ring (bicyclic) bond motifs is 2. The van der Waals surface area contributed by atoms with Crippen LogP contribution in [0, 0.1) is 6.92 Å². The van der Waals surface area contributed by atoms with Crippen LogP contribution in [0.2, 0.25) is 0 Å². The Labute approximate surface area is 130 Å². The number of anilines is 1. The van der Waals surface area contributed by atoms with Crippen molar-refractivity contribution in [1.29, 1.82) is 0 Å². The van der Waals surface area contributed by atoms with Gasteiger partial charge in [-0.1, -0.05) is 23.5 Å². The Balaban J connectivity index is 1.64. The molecule has 3 aromatic heterocycles. The fraction of sp³-hybridized carbons (Fsp3) is 0.0625. The summed E-state index contributed by atoms with van der Waals surface area (Å²) in [4.78, 5) is 16.7. The molecule has 0 saturated carbocycles. The van der Waals surface area contributed by atoms with Crippen LogP contribution in [0.5, 0.6) is 0 Å². The van der Waals surface area contributed by atoms with Gasteiger partial charge in [0.1, 0.15) is 0 Å². The summed E-state index contributed by atoms with van der Waals surface area (Å²) in [6, 6.07) is 13.5. The second-order valence-electron chi connectivity index (χ2n) is 5.04. The number of carbonyl (C=O) groups is 1. The van der Waals surface area contributed by atoms with Gasteiger partial charge in [-0.05, 0) is 42.8 Å². The monoisotopic (exact) mass is 308 g/mol. The molecule has 4 aromatic rings. The lowest BCUT2D eigenvalue weighted by atomic mass is 10.2. The maximum absolute atomic E-state index is 12.3. The third-order valence-electron chi connectivity index (χ3n) is 3.37. The van der Waals surface area contributed by atoms with E-state index < -0.39 is 0 Å². The molecule has 1 aromatic carbocycles. The van der Waals surface area contributed by atoms with Crippen LogP contribution in [0.1, 0.15) is 16.1 Å². The van der Waals surface area contributed by atoms with Gasteiger partial charge in [0.15, 0.2) is 10.8 Å². The Kier molecular flexibility index (Phi) is 2.90. The van der Waals surface area contributed by atoms with Crippen molar-refractivity contribution in [2.45, 2.75) is 6.92 Å². The number of nitrogens with one attached hydrogen (secondary N) is 1. The van der Waals surface area contributed by atoms with E-state index in [1.165, 1.54) is 16.9 Å². The molecule has 0 aliphatic rings. The average molecular weight is 308 g/mol. The lowest BCUT2D eigenvalue weighted by molar-refractivity contribution is 0.102. The van der Waals surface area contributed by atoms with Gasteiger partial charge >= 0.3 is 0 Å². The smallest absolute Gasteiger partial charge is 0.277 e. The Morgan fingerprint density at radius 2 is 2.14 bits per heavy atom. The van der Waals surface area contributed by atoms with E-state index in [4.69, 9.17) is 0 Å². The van der Waals surface area contributed by atoms with Crippen LogP contribution < -0.4 is 5.32 Å². The Hall–Kier alpha value is -2.73. The summed E-state index contributed by atoms with van der Waals surface area (Å²) in [5.74, 6) is -0.250. The fourth-order valence-electron chi connectivity index (χ4n) is 2.30. The molecule has 0 unspecified atom stereocenters. The van der Waals surface area contributed by atoms with Crippen LogP contribution >= 0.6 is 11.3 Å². The third-order valence-corrected chi connectivity index (χ3v) is 4.30. The minimum Gasteiger partial charge on any atom is -0.296 e. The molecule has 0 spiro atoms. The van der Waals surface area contributed by atoms with E-state index >= 15 is 0 Å². The van der Waals surface area contributed by atoms with E-state index in [0.717, 1.165) is 15.7 Å². The largest absolute Gasteiger partial charge is 0.296 e. The number of rotatable bonds is 2. The molecular weight excluding hydrogens is 296 g/mol. The molecule has 108 valence electrons. The van der Waals surface area contributed by atoms with Crippen LogP contribution in [0.15, 0.2) is 48.7 Å². The summed E-state index contributed by atoms with van der Waals surface area (Å²) in [5, 5.41) is 7.66. The molecule has 22 heavy (non-hydrogen) atoms. The van der Waals surface area contributed by atoms with Gasteiger partial charge in [0.05, 0.1) is 15.7 Å². The van der Waals surface area contributed by atoms with E-state index in [1.807, 2.05) is 43.5 Å². The van der Waals surface area contributed by atoms with Crippen molar-refractivity contribution in [1.82, 2.24) is 14.6 Å². The van der Waals surface area contributed by atoms with E-state index in [0.29, 0.717) is 10.8 Å². The molecule has 6 heteroatoms. The van der Waals surface area contributed by atoms with Gasteiger partial charge in [-0.2, -0.15) is 5.10 Å². The minimum absolute atomic E-state index is 0.250. The lowest BCUT2D eigenvalue weighted by Gasteiger charge is -1.96. The second kappa shape index (κ2) is 4.92. The predicted molar refractivity (Wildman–Crippen MR) is 87.5 cm³/mol. The molecule has 4 rings (SSSR count). The Morgan fingerprint density at radius 1 is 1.23 bits per heavy atom. The number of thiazole rings is 1. The molecule has 0 saturated heterocycles. The highest BCUT2D eigenvalue weighted by Gasteiger charge is 2.13. The maximum atomic E-state index is 12.3. The number of aryl methyl sites for hydroxylation is 1. The zero-order chi connectivity index (χ0) is 15.1. The number of amides is 1. The van der Waals surface area contributed by atoms with E-state index in [-0.39, 0.29) is 5.91 Å². The molecule has 0 fully saturated rings. The zero-order valence-electron chi connectivity index (χ0n) is 11.8. The fourth-order valence-corrected chi connectivity index (χ4v) is 3.25. The molecule has 0 aliphatic carbocycles. The minimum atomic E-state index is -0.250. The van der Waals surface area contributed by atoms with Crippen LogP contribution in [0.3, 0.4) is 0 Å². The number of aromatic nitrogens is 3. The summed E-state index contributed by atoms with van der Waals surface area (Å²) < 4.78 is 2.74. The summed E-state index contributed by atoms with van der Waals surface area (Å²) in [5.41, 5.74) is 3.32. The molecule has 0 radical (unpaired) electrons. The predicted octanol–water partition coefficient (Wildman–Crippen LogP) is 3.50. The van der Waals surface area contributed by atoms with Gasteiger partial charge in [-0.25, -0.2) is 9.50 Å². The second-order valence-corrected chi connectivity index (χ2v) is 6.07. The molecule has 0 aliphatic heterocycles. The highest BCUT2D eigenvalue weighted by atomic mass is 32.1. The standard InChI is InChI=1S/C16H12N4OS/c1-10-5-6-12-14(8-10)22-16(17-12)18-15(21)13-9-11-4-2-3-7-20(11)19-13/h2-9H,1H3,(H,17,18,21). The number of nitrogens with zero attached hydrogens (tertiary/aromatic N) is 3. The number of benzene rings is 1. The lowest BCUT2D eigenvalue weighted by Crippen LogP contribution is -2.12. The molecule has 1 N–H and O–H groups in total. The molecular formula is C16H12N4OS. The first-order valence-corrected chi connectivity index (χ1v) is 7.64. The van der Waals surface area contributed by atoms with Crippen molar-refractivity contribution in [3.63, 3.8) is 0 Å². The van der Waals surface area contributed by atoms with E-state index in [1.54, 1.807) is 10.6 Å². The number of carbonyl (C=O) groups excluding carboxylic acids is 1. The van der Waals surface area contributed by atoms with Gasteiger partial charge in [0.2, 0.25) is 0 Å². The summed E-state index contributed by atoms with van der Waals surface area (Å²) >= 11 is 1.46. The summed E-state index contributed by atoms with van der Waals surface area (Å²) in [6.45, 7) is 2.04. The van der Waals surface area contributed by atoms with Crippen molar-refractivity contribution < 1.29 is 4.79 Å². The molecule has 3 heterocycles. The number of hydrogen-bond acceptors (Lipinski definition) is 4. The molecule has 1 amide bonds. The van der Waals surface area contributed by atoms with E-state index in [9.17, 15) is 4.79 Å². The first-order valence-electron chi connectivity index (χ1n) is 6.82. The Bertz CT molecular complexity index is 969. The van der Waals surface area contributed by atoms with Crippen molar-refractivity contribution in [3.8, 4) is 0 Å². The first kappa shape index (κ1) is 13.0. The van der Waals surface area contributed by atoms with Gasteiger partial charge in [0.25, 0.3) is 5.91 Å². The highest BCUT2D eigenvalue weighted by molar-refractivity contribution is 7.22. The number of hydrogen-bond donors (Lipinski definition) is 1. The van der Waals surface area contributed by atoms with E-state index in [2.05, 4.69) is 21.5 Å². The average Bonchev–Trinajstić information content (AvgIpc) is 3.09. The molecule has 0 atom stereocenters. The van der Waals surface area contributed by atoms with Gasteiger partial charge in [-0.3, -0.25) is 10.1 Å². The summed E-state index contributed by atoms with van der Waals surface area (Å²) in [6.07, 6.45) is 1.81. The normalized spacial score (nSPS) is 11.1. The third kappa shape index (κ3) is 2.23. The Morgan fingerprint density at radius 3 is 3.00 bits per heavy atom. The van der Waals surface area contributed by atoms with Gasteiger partial charge < -0.3 is 0 Å². The molecule has 0 bridgehead atoms. The van der Waals surface area contributed by atoms with Crippen LogP contribution in [-0.2, 0) is 0 Å². The van der Waals surface area contributed by atoms with Crippen molar-refractivity contribution in [2.75, 3.05) is 5.32 Å². The van der Waals surface area contributed by atoms with Gasteiger partial charge in [-0.15, -0.1) is 0 Å². The van der Waals surface area contributed by atoms with Crippen LogP contribution in [-0.4, -0.2) is 20.5 Å². The van der Waals surface area contributed by atoms with Crippen LogP contribution in [0.4, 0.5) is 5.13 Å². The quantitative estimate of drug-likeness (QED) is 0.616. The van der Waals surface area contributed by atoms with Crippen molar-refractivity contribution in [3.05, 3.63) is 59.9 Å². The SMILES string of the molecule is Cc1ccc2nc(NC(=O)c3cc4ccccn4n3)sc2c1. The summed E-state index contributed by atoms with van der Waals surface area (Å²) in [7, 11) is 0. The van der Waals surface area contributed by atoms with Crippen molar-refractivity contribution >= 4 is 38.1 Å².